The highest BCUT2D eigenvalue weighted by Gasteiger charge is 2.16. The van der Waals surface area contributed by atoms with Crippen LogP contribution in [0.1, 0.15) is 64.8 Å². The van der Waals surface area contributed by atoms with E-state index in [2.05, 4.69) is 29.3 Å². The minimum absolute atomic E-state index is 0.0879. The molecule has 0 bridgehead atoms. The molecule has 29 heavy (non-hydrogen) atoms. The van der Waals surface area contributed by atoms with E-state index in [4.69, 9.17) is 14.0 Å². The van der Waals surface area contributed by atoms with Crippen LogP contribution in [0.5, 0.6) is 0 Å². The van der Waals surface area contributed by atoms with Crippen LogP contribution in [-0.4, -0.2) is 34.3 Å². The molecule has 0 radical (unpaired) electrons. The first-order valence-electron chi connectivity index (χ1n) is 9.69. The largest absolute Gasteiger partial charge is 0.456 e. The number of esters is 1. The predicted molar refractivity (Wildman–Crippen MR) is 107 cm³/mol. The quantitative estimate of drug-likeness (QED) is 0.520. The van der Waals surface area contributed by atoms with Crippen LogP contribution in [0.3, 0.4) is 0 Å². The van der Waals surface area contributed by atoms with Crippen LogP contribution in [0.4, 0.5) is 4.79 Å². The number of nitrogens with zero attached hydrogens (tertiary/aromatic N) is 2. The Bertz CT molecular complexity index is 806. The van der Waals surface area contributed by atoms with Crippen molar-refractivity contribution in [3.63, 3.8) is 0 Å². The summed E-state index contributed by atoms with van der Waals surface area (Å²) in [6.45, 7) is 9.85. The Morgan fingerprint density at radius 2 is 1.86 bits per heavy atom. The molecule has 0 aliphatic heterocycles. The number of carbonyl (C=O) groups is 2. The molecule has 2 aromatic rings. The summed E-state index contributed by atoms with van der Waals surface area (Å²) in [4.78, 5) is 27.6. The molecule has 0 atom stereocenters. The lowest BCUT2D eigenvalue weighted by Crippen LogP contribution is -2.33. The van der Waals surface area contributed by atoms with Gasteiger partial charge in [0.2, 0.25) is 5.82 Å². The smallest absolute Gasteiger partial charge is 0.407 e. The van der Waals surface area contributed by atoms with Crippen molar-refractivity contribution in [3.8, 4) is 11.4 Å². The number of benzene rings is 1. The minimum atomic E-state index is -0.553. The number of rotatable bonds is 8. The third-order valence-electron chi connectivity index (χ3n) is 3.89. The van der Waals surface area contributed by atoms with Gasteiger partial charge >= 0.3 is 12.1 Å². The lowest BCUT2D eigenvalue weighted by Gasteiger charge is -2.19. The number of hydrogen-bond donors (Lipinski definition) is 1. The van der Waals surface area contributed by atoms with Gasteiger partial charge in [0.05, 0.1) is 0 Å². The molecule has 8 heteroatoms. The summed E-state index contributed by atoms with van der Waals surface area (Å²) < 4.78 is 15.4. The topological polar surface area (TPSA) is 104 Å². The minimum Gasteiger partial charge on any atom is -0.456 e. The molecule has 0 aliphatic carbocycles. The van der Waals surface area contributed by atoms with E-state index < -0.39 is 17.7 Å². The Labute approximate surface area is 171 Å². The van der Waals surface area contributed by atoms with Gasteiger partial charge in [0, 0.05) is 18.5 Å². The zero-order chi connectivity index (χ0) is 21.4. The first-order chi connectivity index (χ1) is 13.6. The van der Waals surface area contributed by atoms with Crippen LogP contribution < -0.4 is 5.32 Å². The number of aromatic nitrogens is 2. The van der Waals surface area contributed by atoms with Gasteiger partial charge in [-0.25, -0.2) is 4.79 Å². The molecule has 2 rings (SSSR count). The van der Waals surface area contributed by atoms with E-state index >= 15 is 0 Å². The van der Waals surface area contributed by atoms with Gasteiger partial charge in [-0.15, -0.1) is 0 Å². The average molecular weight is 403 g/mol. The number of nitrogens with one attached hydrogen (secondary N) is 1. The summed E-state index contributed by atoms with van der Waals surface area (Å²) in [5.74, 6) is 0.724. The third kappa shape index (κ3) is 7.93. The van der Waals surface area contributed by atoms with E-state index in [-0.39, 0.29) is 18.9 Å². The molecule has 1 aromatic carbocycles. The van der Waals surface area contributed by atoms with E-state index in [1.165, 1.54) is 5.56 Å². The number of alkyl carbamates (subject to hydrolysis) is 1. The second-order valence-corrected chi connectivity index (χ2v) is 7.98. The number of carbonyl (C=O) groups excluding carboxylic acids is 2. The van der Waals surface area contributed by atoms with E-state index in [9.17, 15) is 9.59 Å². The van der Waals surface area contributed by atoms with Crippen molar-refractivity contribution >= 4 is 12.1 Å². The zero-order valence-corrected chi connectivity index (χ0v) is 17.7. The second-order valence-electron chi connectivity index (χ2n) is 7.98. The fraction of sp³-hybridized carbons (Fsp3) is 0.524. The molecule has 0 saturated carbocycles. The van der Waals surface area contributed by atoms with E-state index in [0.29, 0.717) is 24.7 Å². The highest BCUT2D eigenvalue weighted by Crippen LogP contribution is 2.20. The van der Waals surface area contributed by atoms with Gasteiger partial charge in [-0.2, -0.15) is 4.98 Å². The maximum atomic E-state index is 11.8. The molecule has 0 fully saturated rings. The molecule has 0 spiro atoms. The van der Waals surface area contributed by atoms with Crippen LogP contribution in [0.25, 0.3) is 11.4 Å². The number of hydrogen-bond acceptors (Lipinski definition) is 7. The zero-order valence-electron chi connectivity index (χ0n) is 17.7. The van der Waals surface area contributed by atoms with Crippen molar-refractivity contribution in [1.82, 2.24) is 15.5 Å². The number of ether oxygens (including phenoxy) is 2. The SMILES string of the molecule is CC(C)c1ccc(-c2noc(COC(=O)CCCNC(=O)OC(C)(C)C)n2)cc1. The Morgan fingerprint density at radius 3 is 2.48 bits per heavy atom. The molecule has 8 nitrogen and oxygen atoms in total. The lowest BCUT2D eigenvalue weighted by molar-refractivity contribution is -0.145. The molecule has 1 heterocycles. The summed E-state index contributed by atoms with van der Waals surface area (Å²) >= 11 is 0. The van der Waals surface area contributed by atoms with Gasteiger partial charge in [0.25, 0.3) is 5.89 Å². The van der Waals surface area contributed by atoms with Gasteiger partial charge in [-0.1, -0.05) is 43.3 Å². The Kier molecular flexibility index (Phi) is 7.75. The van der Waals surface area contributed by atoms with Crippen molar-refractivity contribution in [2.45, 2.75) is 65.6 Å². The van der Waals surface area contributed by atoms with Gasteiger partial charge in [0.15, 0.2) is 6.61 Å². The molecule has 1 N–H and O–H groups in total. The lowest BCUT2D eigenvalue weighted by atomic mass is 10.0. The van der Waals surface area contributed by atoms with Crippen molar-refractivity contribution in [2.75, 3.05) is 6.54 Å². The maximum absolute atomic E-state index is 11.8. The highest BCUT2D eigenvalue weighted by molar-refractivity contribution is 5.70. The Morgan fingerprint density at radius 1 is 1.17 bits per heavy atom. The fourth-order valence-electron chi connectivity index (χ4n) is 2.40. The summed E-state index contributed by atoms with van der Waals surface area (Å²) in [6.07, 6.45) is 0.0914. The molecule has 0 saturated heterocycles. The van der Waals surface area contributed by atoms with Crippen molar-refractivity contribution in [3.05, 3.63) is 35.7 Å². The maximum Gasteiger partial charge on any atom is 0.407 e. The monoisotopic (exact) mass is 403 g/mol. The summed E-state index contributed by atoms with van der Waals surface area (Å²) in [5, 5.41) is 6.51. The Hall–Kier alpha value is -2.90. The molecule has 1 amide bonds. The van der Waals surface area contributed by atoms with Crippen molar-refractivity contribution < 1.29 is 23.6 Å². The molecule has 1 aromatic heterocycles. The molecule has 0 unspecified atom stereocenters. The van der Waals surface area contributed by atoms with Crippen LogP contribution >= 0.6 is 0 Å². The fourth-order valence-corrected chi connectivity index (χ4v) is 2.40. The van der Waals surface area contributed by atoms with E-state index in [0.717, 1.165) is 5.56 Å². The van der Waals surface area contributed by atoms with Gasteiger partial charge in [-0.05, 0) is 38.7 Å². The molecular weight excluding hydrogens is 374 g/mol. The van der Waals surface area contributed by atoms with Crippen LogP contribution in [0.15, 0.2) is 28.8 Å². The second kappa shape index (κ2) is 10.0. The summed E-state index contributed by atoms with van der Waals surface area (Å²) in [6, 6.07) is 7.93. The molecule has 0 aliphatic rings. The summed E-state index contributed by atoms with van der Waals surface area (Å²) in [5.41, 5.74) is 1.51. The van der Waals surface area contributed by atoms with E-state index in [1.807, 2.05) is 24.3 Å². The Balaban J connectivity index is 1.71. The van der Waals surface area contributed by atoms with E-state index in [1.54, 1.807) is 20.8 Å². The van der Waals surface area contributed by atoms with Crippen LogP contribution in [0, 0.1) is 0 Å². The van der Waals surface area contributed by atoms with Crippen molar-refractivity contribution in [1.29, 1.82) is 0 Å². The average Bonchev–Trinajstić information content (AvgIpc) is 3.11. The van der Waals surface area contributed by atoms with Crippen molar-refractivity contribution in [2.24, 2.45) is 0 Å². The third-order valence-corrected chi connectivity index (χ3v) is 3.89. The molecule has 158 valence electrons. The van der Waals surface area contributed by atoms with Gasteiger partial charge < -0.3 is 19.3 Å². The predicted octanol–water partition coefficient (Wildman–Crippen LogP) is 4.21. The van der Waals surface area contributed by atoms with Crippen LogP contribution in [-0.2, 0) is 20.9 Å². The standard InChI is InChI=1S/C21H29N3O5/c1-14(2)15-8-10-16(11-9-15)19-23-17(29-24-19)13-27-18(25)7-6-12-22-20(26)28-21(3,4)5/h8-11,14H,6-7,12-13H2,1-5H3,(H,22,26). The van der Waals surface area contributed by atoms with Gasteiger partial charge in [-0.3, -0.25) is 4.79 Å². The number of amides is 1. The highest BCUT2D eigenvalue weighted by atomic mass is 16.6. The molecular formula is C21H29N3O5. The van der Waals surface area contributed by atoms with Crippen LogP contribution in [0.2, 0.25) is 0 Å². The summed E-state index contributed by atoms with van der Waals surface area (Å²) in [7, 11) is 0. The first kappa shape index (κ1) is 22.4. The first-order valence-corrected chi connectivity index (χ1v) is 9.69. The van der Waals surface area contributed by atoms with Gasteiger partial charge in [0.1, 0.15) is 5.60 Å². The normalized spacial score (nSPS) is 11.4.